The van der Waals surface area contributed by atoms with Crippen molar-refractivity contribution in [3.05, 3.63) is 18.2 Å². The summed E-state index contributed by atoms with van der Waals surface area (Å²) in [6, 6.07) is 2.03. The summed E-state index contributed by atoms with van der Waals surface area (Å²) < 4.78 is 77.8. The predicted molar refractivity (Wildman–Crippen MR) is 47.1 cm³/mol. The lowest BCUT2D eigenvalue weighted by molar-refractivity contribution is -0.277. The fraction of sp³-hybridized carbons (Fsp3) is 0.250. The quantitative estimate of drug-likeness (QED) is 0.655. The summed E-state index contributed by atoms with van der Waals surface area (Å²) in [6.07, 6.45) is -9.86. The molecule has 1 aromatic rings. The number of hydrogen-bond donors (Lipinski definition) is 1. The number of halogens is 6. The third-order valence-corrected chi connectivity index (χ3v) is 1.74. The average molecular weight is 278 g/mol. The molecule has 0 saturated heterocycles. The average Bonchev–Trinajstić information content (AvgIpc) is 2.05. The zero-order valence-corrected chi connectivity index (χ0v) is 8.66. The number of ether oxygens (including phenoxy) is 2. The van der Waals surface area contributed by atoms with E-state index in [-0.39, 0.29) is 0 Å². The highest BCUT2D eigenvalue weighted by Crippen LogP contribution is 2.33. The van der Waals surface area contributed by atoms with Crippen molar-refractivity contribution in [3.63, 3.8) is 0 Å². The van der Waals surface area contributed by atoms with Crippen molar-refractivity contribution in [2.24, 2.45) is 0 Å². The van der Waals surface area contributed by atoms with Crippen molar-refractivity contribution in [2.45, 2.75) is 17.6 Å². The molecule has 0 N–H and O–H groups in total. The van der Waals surface area contributed by atoms with Gasteiger partial charge in [0.25, 0.3) is 0 Å². The number of hydrogen-bond acceptors (Lipinski definition) is 3. The molecule has 17 heavy (non-hydrogen) atoms. The SMILES string of the molecule is FC(F)(F)Oc1ccc(OC(F)(F)F)c(S)c1. The van der Waals surface area contributed by atoms with Gasteiger partial charge in [-0.1, -0.05) is 0 Å². The van der Waals surface area contributed by atoms with Gasteiger partial charge in [0.05, 0.1) is 4.90 Å². The van der Waals surface area contributed by atoms with E-state index in [0.717, 1.165) is 0 Å². The van der Waals surface area contributed by atoms with E-state index in [9.17, 15) is 26.3 Å². The van der Waals surface area contributed by atoms with Gasteiger partial charge >= 0.3 is 12.7 Å². The van der Waals surface area contributed by atoms with E-state index in [1.807, 2.05) is 0 Å². The van der Waals surface area contributed by atoms with Gasteiger partial charge in [-0.3, -0.25) is 0 Å². The van der Waals surface area contributed by atoms with Gasteiger partial charge in [0, 0.05) is 0 Å². The standard InChI is InChI=1S/C8H4F6O2S/c9-7(10,11)15-4-1-2-5(6(17)3-4)16-8(12,13)14/h1-3,17H. The van der Waals surface area contributed by atoms with Crippen molar-refractivity contribution in [3.8, 4) is 11.5 Å². The zero-order valence-electron chi connectivity index (χ0n) is 7.76. The first-order valence-electron chi connectivity index (χ1n) is 3.91. The maximum atomic E-state index is 11.8. The van der Waals surface area contributed by atoms with E-state index < -0.39 is 29.1 Å². The van der Waals surface area contributed by atoms with Gasteiger partial charge in [-0.25, -0.2) is 0 Å². The van der Waals surface area contributed by atoms with Crippen molar-refractivity contribution in [1.29, 1.82) is 0 Å². The summed E-state index contributed by atoms with van der Waals surface area (Å²) in [5.41, 5.74) is 0. The summed E-state index contributed by atoms with van der Waals surface area (Å²) in [5, 5.41) is 0. The third kappa shape index (κ3) is 5.07. The molecule has 0 aromatic heterocycles. The van der Waals surface area contributed by atoms with Crippen LogP contribution in [0.15, 0.2) is 23.1 Å². The lowest BCUT2D eigenvalue weighted by Gasteiger charge is -2.13. The normalized spacial score (nSPS) is 12.4. The molecule has 1 rings (SSSR count). The van der Waals surface area contributed by atoms with Crippen molar-refractivity contribution < 1.29 is 35.8 Å². The second kappa shape index (κ2) is 4.55. The smallest absolute Gasteiger partial charge is 0.406 e. The van der Waals surface area contributed by atoms with Crippen molar-refractivity contribution in [1.82, 2.24) is 0 Å². The summed E-state index contributed by atoms with van der Waals surface area (Å²) >= 11 is 3.56. The molecule has 0 unspecified atom stereocenters. The number of thiol groups is 1. The van der Waals surface area contributed by atoms with Crippen LogP contribution < -0.4 is 9.47 Å². The fourth-order valence-electron chi connectivity index (χ4n) is 0.905. The van der Waals surface area contributed by atoms with Gasteiger partial charge in [0.2, 0.25) is 0 Å². The Balaban J connectivity index is 2.87. The van der Waals surface area contributed by atoms with E-state index in [1.165, 1.54) is 0 Å². The Morgan fingerprint density at radius 3 is 1.82 bits per heavy atom. The Hall–Kier alpha value is -1.25. The summed E-state index contributed by atoms with van der Waals surface area (Å²) in [5.74, 6) is -1.40. The molecule has 2 nitrogen and oxygen atoms in total. The number of benzene rings is 1. The molecule has 0 aliphatic heterocycles. The van der Waals surface area contributed by atoms with Crippen LogP contribution in [0.4, 0.5) is 26.3 Å². The monoisotopic (exact) mass is 278 g/mol. The topological polar surface area (TPSA) is 18.5 Å². The Bertz CT molecular complexity index is 400. The van der Waals surface area contributed by atoms with Gasteiger partial charge in [-0.05, 0) is 18.2 Å². The highest BCUT2D eigenvalue weighted by Gasteiger charge is 2.33. The maximum Gasteiger partial charge on any atom is 0.573 e. The van der Waals surface area contributed by atoms with E-state index in [4.69, 9.17) is 0 Å². The van der Waals surface area contributed by atoms with Crippen molar-refractivity contribution in [2.75, 3.05) is 0 Å². The predicted octanol–water partition coefficient (Wildman–Crippen LogP) is 3.77. The zero-order chi connectivity index (χ0) is 13.3. The summed E-state index contributed by atoms with van der Waals surface area (Å²) in [6.45, 7) is 0. The second-order valence-electron chi connectivity index (χ2n) is 2.73. The number of alkyl halides is 6. The fourth-order valence-corrected chi connectivity index (χ4v) is 1.15. The molecule has 0 atom stereocenters. The molecular weight excluding hydrogens is 274 g/mol. The molecular formula is C8H4F6O2S. The highest BCUT2D eigenvalue weighted by atomic mass is 32.1. The van der Waals surface area contributed by atoms with Crippen LogP contribution in [0, 0.1) is 0 Å². The molecule has 0 heterocycles. The summed E-state index contributed by atoms with van der Waals surface area (Å²) in [4.78, 5) is -0.427. The van der Waals surface area contributed by atoms with Crippen LogP contribution in [0.3, 0.4) is 0 Å². The van der Waals surface area contributed by atoms with Crippen LogP contribution in [0.25, 0.3) is 0 Å². The van der Waals surface area contributed by atoms with Crippen LogP contribution in [0.2, 0.25) is 0 Å². The molecule has 0 saturated carbocycles. The number of rotatable bonds is 2. The molecule has 0 radical (unpaired) electrons. The third-order valence-electron chi connectivity index (χ3n) is 1.39. The highest BCUT2D eigenvalue weighted by molar-refractivity contribution is 7.80. The van der Waals surface area contributed by atoms with E-state index in [1.54, 1.807) is 0 Å². The Morgan fingerprint density at radius 1 is 0.882 bits per heavy atom. The molecule has 0 aliphatic rings. The lowest BCUT2D eigenvalue weighted by atomic mass is 10.3. The van der Waals surface area contributed by atoms with E-state index in [2.05, 4.69) is 22.1 Å². The van der Waals surface area contributed by atoms with Crippen LogP contribution in [0.1, 0.15) is 0 Å². The van der Waals surface area contributed by atoms with Gasteiger partial charge in [0.1, 0.15) is 11.5 Å². The minimum Gasteiger partial charge on any atom is -0.406 e. The van der Waals surface area contributed by atoms with Gasteiger partial charge in [0.15, 0.2) is 0 Å². The summed E-state index contributed by atoms with van der Waals surface area (Å²) in [7, 11) is 0. The molecule has 1 aromatic carbocycles. The first kappa shape index (κ1) is 13.8. The molecule has 96 valence electrons. The van der Waals surface area contributed by atoms with Crippen LogP contribution in [0.5, 0.6) is 11.5 Å². The molecule has 0 fully saturated rings. The van der Waals surface area contributed by atoms with Crippen LogP contribution in [-0.4, -0.2) is 12.7 Å². The molecule has 0 amide bonds. The van der Waals surface area contributed by atoms with Crippen LogP contribution in [-0.2, 0) is 0 Å². The first-order chi connectivity index (χ1) is 7.57. The molecule has 0 aliphatic carbocycles. The van der Waals surface area contributed by atoms with Crippen LogP contribution >= 0.6 is 12.6 Å². The molecule has 0 bridgehead atoms. The Kier molecular flexibility index (Phi) is 3.70. The van der Waals surface area contributed by atoms with E-state index >= 15 is 0 Å². The minimum atomic E-state index is -4.94. The minimum absolute atomic E-state index is 0.427. The van der Waals surface area contributed by atoms with Crippen molar-refractivity contribution >= 4 is 12.6 Å². The molecule has 0 spiro atoms. The first-order valence-corrected chi connectivity index (χ1v) is 4.36. The Labute approximate surface area is 96.5 Å². The Morgan fingerprint density at radius 2 is 1.41 bits per heavy atom. The van der Waals surface area contributed by atoms with Gasteiger partial charge < -0.3 is 9.47 Å². The second-order valence-corrected chi connectivity index (χ2v) is 3.21. The van der Waals surface area contributed by atoms with Gasteiger partial charge in [-0.2, -0.15) is 0 Å². The lowest BCUT2D eigenvalue weighted by Crippen LogP contribution is -2.18. The van der Waals surface area contributed by atoms with Gasteiger partial charge in [-0.15, -0.1) is 39.0 Å². The van der Waals surface area contributed by atoms with E-state index in [0.29, 0.717) is 18.2 Å². The molecule has 9 heteroatoms. The largest absolute Gasteiger partial charge is 0.573 e. The maximum absolute atomic E-state index is 11.8.